The Kier molecular flexibility index (Phi) is 8.86. The minimum Gasteiger partial charge on any atom is -0.365 e. The van der Waals surface area contributed by atoms with Crippen LogP contribution in [0.5, 0.6) is 0 Å². The average Bonchev–Trinajstić information content (AvgIpc) is 3.32. The van der Waals surface area contributed by atoms with E-state index in [2.05, 4.69) is 20.3 Å². The first-order valence-electron chi connectivity index (χ1n) is 12.2. The second-order valence-electron chi connectivity index (χ2n) is 9.06. The highest BCUT2D eigenvalue weighted by Crippen LogP contribution is 2.22. The summed E-state index contributed by atoms with van der Waals surface area (Å²) in [5.74, 6) is 0.115. The number of hydrogen-bond acceptors (Lipinski definition) is 6. The fourth-order valence-corrected chi connectivity index (χ4v) is 4.75. The molecule has 0 atom stereocenters. The van der Waals surface area contributed by atoms with Crippen LogP contribution < -0.4 is 5.32 Å². The molecule has 2 aromatic rings. The predicted octanol–water partition coefficient (Wildman–Crippen LogP) is 3.45. The molecule has 1 N–H and O–H groups in total. The van der Waals surface area contributed by atoms with Gasteiger partial charge in [-0.1, -0.05) is 11.6 Å². The number of carbonyl (C=O) groups is 1. The predicted molar refractivity (Wildman–Crippen MR) is 124 cm³/mol. The first-order chi connectivity index (χ1) is 16.2. The zero-order chi connectivity index (χ0) is 22.9. The van der Waals surface area contributed by atoms with Crippen LogP contribution in [-0.2, 0) is 16.1 Å². The molecule has 2 fully saturated rings. The van der Waals surface area contributed by atoms with Gasteiger partial charge in [-0.25, -0.2) is 4.39 Å². The Hall–Kier alpha value is -2.29. The van der Waals surface area contributed by atoms with Crippen LogP contribution in [0.15, 0.2) is 34.9 Å². The van der Waals surface area contributed by atoms with Crippen LogP contribution in [0.3, 0.4) is 0 Å². The highest BCUT2D eigenvalue weighted by molar-refractivity contribution is 5.77. The van der Waals surface area contributed by atoms with Gasteiger partial charge in [-0.3, -0.25) is 4.79 Å². The lowest BCUT2D eigenvalue weighted by Crippen LogP contribution is -2.47. The number of likely N-dealkylation sites (tertiary alicyclic amines) is 2. The largest absolute Gasteiger partial charge is 0.365 e. The van der Waals surface area contributed by atoms with Crippen LogP contribution in [0.4, 0.5) is 4.39 Å². The van der Waals surface area contributed by atoms with Crippen LogP contribution in [0.2, 0.25) is 0 Å². The molecule has 0 aliphatic carbocycles. The van der Waals surface area contributed by atoms with Crippen molar-refractivity contribution >= 4 is 5.91 Å². The molecule has 0 saturated carbocycles. The molecular formula is C25H35FN4O3. The molecule has 7 nitrogen and oxygen atoms in total. The first kappa shape index (κ1) is 23.9. The number of ether oxygens (including phenoxy) is 1. The highest BCUT2D eigenvalue weighted by atomic mass is 19.1. The lowest BCUT2D eigenvalue weighted by molar-refractivity contribution is -0.126. The van der Waals surface area contributed by atoms with Crippen molar-refractivity contribution in [1.29, 1.82) is 0 Å². The van der Waals surface area contributed by atoms with E-state index in [9.17, 15) is 9.18 Å². The van der Waals surface area contributed by atoms with E-state index in [-0.39, 0.29) is 24.9 Å². The van der Waals surface area contributed by atoms with Crippen molar-refractivity contribution in [2.45, 2.75) is 51.2 Å². The van der Waals surface area contributed by atoms with E-state index in [4.69, 9.17) is 9.26 Å². The Balaban J connectivity index is 1.05. The summed E-state index contributed by atoms with van der Waals surface area (Å²) < 4.78 is 23.7. The van der Waals surface area contributed by atoms with Crippen LogP contribution in [0, 0.1) is 5.82 Å². The zero-order valence-corrected chi connectivity index (χ0v) is 19.3. The number of benzene rings is 1. The smallest absolute Gasteiger partial charge is 0.246 e. The summed E-state index contributed by atoms with van der Waals surface area (Å²) in [6, 6.07) is 8.51. The Morgan fingerprint density at radius 3 is 2.64 bits per heavy atom. The van der Waals surface area contributed by atoms with E-state index in [0.717, 1.165) is 37.7 Å². The lowest BCUT2D eigenvalue weighted by Gasteiger charge is -2.40. The van der Waals surface area contributed by atoms with Crippen LogP contribution >= 0.6 is 0 Å². The number of amides is 1. The van der Waals surface area contributed by atoms with Gasteiger partial charge in [0.25, 0.3) is 0 Å². The molecule has 3 heterocycles. The van der Waals surface area contributed by atoms with Gasteiger partial charge >= 0.3 is 0 Å². The van der Waals surface area contributed by atoms with Crippen molar-refractivity contribution in [1.82, 2.24) is 20.3 Å². The van der Waals surface area contributed by atoms with Crippen molar-refractivity contribution in [3.8, 4) is 11.3 Å². The van der Waals surface area contributed by atoms with Crippen molar-refractivity contribution < 1.29 is 18.4 Å². The second kappa shape index (κ2) is 12.3. The number of nitrogens with zero attached hydrogens (tertiary/aromatic N) is 3. The normalized spacial score (nSPS) is 18.5. The summed E-state index contributed by atoms with van der Waals surface area (Å²) >= 11 is 0. The molecule has 2 aliphatic heterocycles. The third-order valence-corrected chi connectivity index (χ3v) is 6.61. The monoisotopic (exact) mass is 458 g/mol. The molecule has 4 rings (SSSR count). The third kappa shape index (κ3) is 7.35. The number of piperidine rings is 2. The van der Waals surface area contributed by atoms with Gasteiger partial charge < -0.3 is 24.4 Å². The van der Waals surface area contributed by atoms with Crippen molar-refractivity contribution in [2.24, 2.45) is 0 Å². The molecule has 1 amide bonds. The maximum Gasteiger partial charge on any atom is 0.246 e. The molecule has 8 heteroatoms. The van der Waals surface area contributed by atoms with Gasteiger partial charge in [-0.05, 0) is 89.1 Å². The van der Waals surface area contributed by atoms with Gasteiger partial charge in [-0.2, -0.15) is 0 Å². The summed E-state index contributed by atoms with van der Waals surface area (Å²) in [4.78, 5) is 17.2. The lowest BCUT2D eigenvalue weighted by atomic mass is 10.00. The molecule has 2 aliphatic rings. The summed E-state index contributed by atoms with van der Waals surface area (Å²) in [6.45, 7) is 6.75. The maximum absolute atomic E-state index is 13.0. The molecule has 0 spiro atoms. The number of carbonyl (C=O) groups excluding carboxylic acids is 1. The number of hydrogen-bond donors (Lipinski definition) is 1. The van der Waals surface area contributed by atoms with Gasteiger partial charge in [-0.15, -0.1) is 0 Å². The Bertz CT molecular complexity index is 859. The van der Waals surface area contributed by atoms with Crippen LogP contribution in [0.1, 0.15) is 44.2 Å². The van der Waals surface area contributed by atoms with Crippen LogP contribution in [0.25, 0.3) is 11.3 Å². The van der Waals surface area contributed by atoms with Crippen LogP contribution in [-0.4, -0.2) is 72.8 Å². The van der Waals surface area contributed by atoms with E-state index in [0.29, 0.717) is 18.0 Å². The summed E-state index contributed by atoms with van der Waals surface area (Å²) in [7, 11) is 0. The van der Waals surface area contributed by atoms with Crippen molar-refractivity contribution in [3.05, 3.63) is 41.8 Å². The molecular weight excluding hydrogens is 423 g/mol. The minimum absolute atomic E-state index is 0.0139. The molecule has 1 aromatic carbocycles. The summed E-state index contributed by atoms with van der Waals surface area (Å²) in [5.41, 5.74) is 1.33. The Morgan fingerprint density at radius 2 is 1.88 bits per heavy atom. The molecule has 0 radical (unpaired) electrons. The maximum atomic E-state index is 13.0. The van der Waals surface area contributed by atoms with Gasteiger partial charge in [0.1, 0.15) is 18.1 Å². The topological polar surface area (TPSA) is 70.8 Å². The molecule has 2 saturated heterocycles. The first-order valence-corrected chi connectivity index (χ1v) is 12.2. The SMILES string of the molecule is O=C(COCc1cc(-c2ccc(F)cc2)on1)NCCCN1CCC(N2CCCCC2)CC1. The van der Waals surface area contributed by atoms with E-state index >= 15 is 0 Å². The number of rotatable bonds is 10. The molecule has 180 valence electrons. The van der Waals surface area contributed by atoms with E-state index in [1.807, 2.05) is 0 Å². The van der Waals surface area contributed by atoms with E-state index in [1.165, 1.54) is 57.3 Å². The summed E-state index contributed by atoms with van der Waals surface area (Å²) in [6.07, 6.45) is 7.60. The zero-order valence-electron chi connectivity index (χ0n) is 19.3. The number of halogens is 1. The minimum atomic E-state index is -0.301. The molecule has 0 unspecified atom stereocenters. The average molecular weight is 459 g/mol. The Morgan fingerprint density at radius 1 is 1.12 bits per heavy atom. The quantitative estimate of drug-likeness (QED) is 0.550. The van der Waals surface area contributed by atoms with Gasteiger partial charge in [0.05, 0.1) is 6.61 Å². The molecule has 33 heavy (non-hydrogen) atoms. The van der Waals surface area contributed by atoms with Gasteiger partial charge in [0.2, 0.25) is 5.91 Å². The highest BCUT2D eigenvalue weighted by Gasteiger charge is 2.25. The fraction of sp³-hybridized carbons (Fsp3) is 0.600. The standard InChI is InChI=1S/C25H35FN4O3/c26-21-7-5-20(6-8-21)24-17-22(28-33-24)18-32-19-25(31)27-11-4-12-29-15-9-23(10-16-29)30-13-2-1-3-14-30/h5-8,17,23H,1-4,9-16,18-19H2,(H,27,31). The molecule has 0 bridgehead atoms. The van der Waals surface area contributed by atoms with E-state index in [1.54, 1.807) is 18.2 Å². The fourth-order valence-electron chi connectivity index (χ4n) is 4.75. The number of nitrogens with one attached hydrogen (secondary N) is 1. The van der Waals surface area contributed by atoms with Gasteiger partial charge in [0, 0.05) is 24.2 Å². The number of aromatic nitrogens is 1. The summed E-state index contributed by atoms with van der Waals surface area (Å²) in [5, 5.41) is 6.87. The molecule has 1 aromatic heterocycles. The van der Waals surface area contributed by atoms with Gasteiger partial charge in [0.15, 0.2) is 5.76 Å². The van der Waals surface area contributed by atoms with Crippen molar-refractivity contribution in [2.75, 3.05) is 45.9 Å². The third-order valence-electron chi connectivity index (χ3n) is 6.61. The van der Waals surface area contributed by atoms with Crippen molar-refractivity contribution in [3.63, 3.8) is 0 Å². The van der Waals surface area contributed by atoms with E-state index < -0.39 is 0 Å². The Labute approximate surface area is 195 Å². The second-order valence-corrected chi connectivity index (χ2v) is 9.06.